The van der Waals surface area contributed by atoms with Gasteiger partial charge in [0, 0.05) is 30.4 Å². The third kappa shape index (κ3) is 1.87. The minimum atomic E-state index is -0.502. The van der Waals surface area contributed by atoms with Crippen molar-refractivity contribution in [2.45, 2.75) is 0 Å². The van der Waals surface area contributed by atoms with Crippen molar-refractivity contribution in [2.24, 2.45) is 5.73 Å². The Balaban J connectivity index is 2.28. The lowest BCUT2D eigenvalue weighted by molar-refractivity contribution is 0.100. The zero-order valence-electron chi connectivity index (χ0n) is 10.8. The molecule has 0 bridgehead atoms. The molecule has 2 aromatic heterocycles. The Morgan fingerprint density at radius 1 is 1.30 bits per heavy atom. The van der Waals surface area contributed by atoms with Crippen LogP contribution in [0.2, 0.25) is 0 Å². The number of hydrogen-bond acceptors (Lipinski definition) is 4. The summed E-state index contributed by atoms with van der Waals surface area (Å²) < 4.78 is 0. The molecule has 2 heterocycles. The Labute approximate surface area is 115 Å². The number of aromatic nitrogens is 3. The quantitative estimate of drug-likeness (QED) is 0.673. The molecule has 4 N–H and O–H groups in total. The molecule has 0 unspecified atom stereocenters. The molecule has 0 radical (unpaired) electrons. The van der Waals surface area contributed by atoms with E-state index >= 15 is 0 Å². The van der Waals surface area contributed by atoms with Crippen molar-refractivity contribution >= 4 is 22.5 Å². The Bertz CT molecular complexity index is 780. The zero-order chi connectivity index (χ0) is 14.1. The second-order valence-electron chi connectivity index (χ2n) is 4.38. The molecule has 0 aliphatic carbocycles. The van der Waals surface area contributed by atoms with Gasteiger partial charge in [0.15, 0.2) is 0 Å². The molecule has 0 aliphatic heterocycles. The summed E-state index contributed by atoms with van der Waals surface area (Å²) in [6.45, 7) is 0. The number of H-pyrrole nitrogens is 1. The smallest absolute Gasteiger partial charge is 0.252 e. The van der Waals surface area contributed by atoms with Crippen LogP contribution in [-0.4, -0.2) is 28.1 Å². The third-order valence-corrected chi connectivity index (χ3v) is 3.21. The first-order chi connectivity index (χ1) is 9.70. The lowest BCUT2D eigenvalue weighted by atomic mass is 10.0. The van der Waals surface area contributed by atoms with E-state index < -0.39 is 5.91 Å². The highest BCUT2D eigenvalue weighted by atomic mass is 16.1. The average Bonchev–Trinajstić information content (AvgIpc) is 2.99. The minimum Gasteiger partial charge on any atom is -0.387 e. The van der Waals surface area contributed by atoms with Crippen LogP contribution in [0.25, 0.3) is 22.0 Å². The van der Waals surface area contributed by atoms with Crippen LogP contribution in [0.5, 0.6) is 0 Å². The number of fused-ring (bicyclic) bond motifs is 1. The van der Waals surface area contributed by atoms with Crippen molar-refractivity contribution in [1.82, 2.24) is 15.2 Å². The van der Waals surface area contributed by atoms with E-state index in [1.54, 1.807) is 13.2 Å². The molecule has 6 nitrogen and oxygen atoms in total. The number of anilines is 1. The summed E-state index contributed by atoms with van der Waals surface area (Å²) in [4.78, 5) is 15.7. The summed E-state index contributed by atoms with van der Waals surface area (Å²) in [7, 11) is 1.76. The lowest BCUT2D eigenvalue weighted by Gasteiger charge is -2.10. The molecule has 3 rings (SSSR count). The van der Waals surface area contributed by atoms with Gasteiger partial charge in [-0.05, 0) is 17.7 Å². The van der Waals surface area contributed by atoms with Gasteiger partial charge in [-0.15, -0.1) is 0 Å². The molecule has 0 atom stereocenters. The van der Waals surface area contributed by atoms with Gasteiger partial charge in [0.2, 0.25) is 0 Å². The number of amides is 1. The maximum absolute atomic E-state index is 11.5. The molecule has 0 spiro atoms. The van der Waals surface area contributed by atoms with E-state index in [1.165, 1.54) is 6.20 Å². The maximum Gasteiger partial charge on any atom is 0.252 e. The van der Waals surface area contributed by atoms with Gasteiger partial charge in [0.05, 0.1) is 23.0 Å². The fourth-order valence-electron chi connectivity index (χ4n) is 2.24. The number of benzene rings is 1. The first-order valence-corrected chi connectivity index (χ1v) is 6.10. The van der Waals surface area contributed by atoms with Crippen molar-refractivity contribution in [2.75, 3.05) is 12.4 Å². The number of nitrogens with zero attached hydrogens (tertiary/aromatic N) is 2. The van der Waals surface area contributed by atoms with Gasteiger partial charge < -0.3 is 11.1 Å². The summed E-state index contributed by atoms with van der Waals surface area (Å²) in [5, 5.41) is 10.6. The second-order valence-corrected chi connectivity index (χ2v) is 4.38. The van der Waals surface area contributed by atoms with E-state index in [4.69, 9.17) is 5.73 Å². The van der Waals surface area contributed by atoms with Gasteiger partial charge in [-0.1, -0.05) is 6.07 Å². The summed E-state index contributed by atoms with van der Waals surface area (Å²) in [6.07, 6.45) is 5.05. The van der Waals surface area contributed by atoms with Crippen molar-refractivity contribution < 1.29 is 4.79 Å². The SMILES string of the molecule is CNc1c(C(N)=O)cnc2ccc(-c3cn[nH]c3)cc12. The molecule has 0 fully saturated rings. The zero-order valence-corrected chi connectivity index (χ0v) is 10.8. The molecule has 1 amide bonds. The topological polar surface area (TPSA) is 96.7 Å². The predicted octanol–water partition coefficient (Wildman–Crippen LogP) is 1.77. The second kappa shape index (κ2) is 4.65. The van der Waals surface area contributed by atoms with Crippen LogP contribution in [0.1, 0.15) is 10.4 Å². The predicted molar refractivity (Wildman–Crippen MR) is 77.4 cm³/mol. The minimum absolute atomic E-state index is 0.379. The third-order valence-electron chi connectivity index (χ3n) is 3.21. The lowest BCUT2D eigenvalue weighted by Crippen LogP contribution is -2.14. The van der Waals surface area contributed by atoms with E-state index in [9.17, 15) is 4.79 Å². The molecular formula is C14H13N5O. The van der Waals surface area contributed by atoms with Crippen LogP contribution >= 0.6 is 0 Å². The van der Waals surface area contributed by atoms with Crippen molar-refractivity contribution in [3.63, 3.8) is 0 Å². The molecule has 0 saturated carbocycles. The number of hydrogen-bond donors (Lipinski definition) is 3. The summed E-state index contributed by atoms with van der Waals surface area (Å²) in [5.74, 6) is -0.502. The van der Waals surface area contributed by atoms with Crippen LogP contribution in [0, 0.1) is 0 Å². The van der Waals surface area contributed by atoms with Crippen LogP contribution in [-0.2, 0) is 0 Å². The van der Waals surface area contributed by atoms with Crippen molar-refractivity contribution in [3.05, 3.63) is 42.4 Å². The monoisotopic (exact) mass is 267 g/mol. The van der Waals surface area contributed by atoms with Gasteiger partial charge in [-0.2, -0.15) is 5.10 Å². The van der Waals surface area contributed by atoms with Crippen LogP contribution in [0.15, 0.2) is 36.8 Å². The molecule has 1 aromatic carbocycles. The standard InChI is InChI=1S/C14H13N5O/c1-16-13-10-4-8(9-5-18-19-6-9)2-3-12(10)17-7-11(13)14(15)20/h2-7H,1H3,(H2,15,20)(H,16,17)(H,18,19). The number of rotatable bonds is 3. The van der Waals surface area contributed by atoms with Crippen LogP contribution in [0.4, 0.5) is 5.69 Å². The number of carbonyl (C=O) groups excluding carboxylic acids is 1. The summed E-state index contributed by atoms with van der Waals surface area (Å²) in [5.41, 5.74) is 9.21. The normalized spacial score (nSPS) is 10.7. The largest absolute Gasteiger partial charge is 0.387 e. The highest BCUT2D eigenvalue weighted by Gasteiger charge is 2.12. The molecule has 0 aliphatic rings. The summed E-state index contributed by atoms with van der Waals surface area (Å²) in [6, 6.07) is 5.83. The molecule has 0 saturated heterocycles. The molecular weight excluding hydrogens is 254 g/mol. The summed E-state index contributed by atoms with van der Waals surface area (Å²) >= 11 is 0. The van der Waals surface area contributed by atoms with Crippen LogP contribution < -0.4 is 11.1 Å². The van der Waals surface area contributed by atoms with Gasteiger partial charge in [0.25, 0.3) is 5.91 Å². The van der Waals surface area contributed by atoms with Crippen molar-refractivity contribution in [3.8, 4) is 11.1 Å². The maximum atomic E-state index is 11.5. The van der Waals surface area contributed by atoms with E-state index in [2.05, 4.69) is 20.5 Å². The molecule has 3 aromatic rings. The first kappa shape index (κ1) is 12.2. The number of pyridine rings is 1. The van der Waals surface area contributed by atoms with Gasteiger partial charge in [-0.25, -0.2) is 0 Å². The van der Waals surface area contributed by atoms with E-state index in [-0.39, 0.29) is 0 Å². The Kier molecular flexibility index (Phi) is 2.83. The van der Waals surface area contributed by atoms with E-state index in [0.29, 0.717) is 11.3 Å². The van der Waals surface area contributed by atoms with E-state index in [0.717, 1.165) is 22.0 Å². The van der Waals surface area contributed by atoms with E-state index in [1.807, 2.05) is 24.4 Å². The fraction of sp³-hybridized carbons (Fsp3) is 0.0714. The average molecular weight is 267 g/mol. The number of nitrogens with one attached hydrogen (secondary N) is 2. The highest BCUT2D eigenvalue weighted by Crippen LogP contribution is 2.29. The van der Waals surface area contributed by atoms with Gasteiger partial charge in [-0.3, -0.25) is 14.9 Å². The Morgan fingerprint density at radius 3 is 2.80 bits per heavy atom. The van der Waals surface area contributed by atoms with Gasteiger partial charge >= 0.3 is 0 Å². The highest BCUT2D eigenvalue weighted by molar-refractivity contribution is 6.07. The van der Waals surface area contributed by atoms with Crippen molar-refractivity contribution in [1.29, 1.82) is 0 Å². The first-order valence-electron chi connectivity index (χ1n) is 6.10. The van der Waals surface area contributed by atoms with Gasteiger partial charge in [0.1, 0.15) is 0 Å². The molecule has 100 valence electrons. The molecule has 20 heavy (non-hydrogen) atoms. The number of carbonyl (C=O) groups is 1. The number of nitrogens with two attached hydrogens (primary N) is 1. The fourth-order valence-corrected chi connectivity index (χ4v) is 2.24. The Hall–Kier alpha value is -2.89. The number of primary amides is 1. The molecule has 6 heteroatoms. The Morgan fingerprint density at radius 2 is 2.15 bits per heavy atom. The van der Waals surface area contributed by atoms with Crippen LogP contribution in [0.3, 0.4) is 0 Å². The number of aromatic amines is 1.